The quantitative estimate of drug-likeness (QED) is 0.889. The van der Waals surface area contributed by atoms with E-state index in [0.717, 1.165) is 38.4 Å². The molecule has 2 fully saturated rings. The summed E-state index contributed by atoms with van der Waals surface area (Å²) >= 11 is 0. The lowest BCUT2D eigenvalue weighted by Crippen LogP contribution is -2.49. The van der Waals surface area contributed by atoms with E-state index in [1.54, 1.807) is 6.07 Å². The number of hydrogen-bond acceptors (Lipinski definition) is 4. The monoisotopic (exact) mass is 261 g/mol. The number of aromatic nitrogens is 1. The van der Waals surface area contributed by atoms with E-state index < -0.39 is 0 Å². The standard InChI is InChI=1S/C14H19N3O2/c18-12-3-4-13(15-10-12)16-5-7-17(8-6-16)14(19)9-11-1-2-11/h3-4,10-11,18H,1-2,5-9H2. The molecule has 5 heteroatoms. The predicted octanol–water partition coefficient (Wildman–Crippen LogP) is 1.24. The second kappa shape index (κ2) is 5.07. The van der Waals surface area contributed by atoms with Crippen LogP contribution < -0.4 is 4.90 Å². The first-order chi connectivity index (χ1) is 9.22. The highest BCUT2D eigenvalue weighted by molar-refractivity contribution is 5.77. The van der Waals surface area contributed by atoms with E-state index in [9.17, 15) is 9.90 Å². The molecular formula is C14H19N3O2. The Labute approximate surface area is 112 Å². The van der Waals surface area contributed by atoms with Crippen LogP contribution in [0.3, 0.4) is 0 Å². The summed E-state index contributed by atoms with van der Waals surface area (Å²) in [6.45, 7) is 3.17. The molecule has 1 aliphatic heterocycles. The molecule has 0 aromatic carbocycles. The summed E-state index contributed by atoms with van der Waals surface area (Å²) in [5.74, 6) is 2.01. The summed E-state index contributed by atoms with van der Waals surface area (Å²) < 4.78 is 0. The van der Waals surface area contributed by atoms with Crippen LogP contribution in [0.15, 0.2) is 18.3 Å². The maximum atomic E-state index is 12.0. The van der Waals surface area contributed by atoms with Gasteiger partial charge in [-0.05, 0) is 30.9 Å². The van der Waals surface area contributed by atoms with Crippen molar-refractivity contribution in [1.82, 2.24) is 9.88 Å². The van der Waals surface area contributed by atoms with Gasteiger partial charge in [-0.25, -0.2) is 4.98 Å². The summed E-state index contributed by atoms with van der Waals surface area (Å²) in [5, 5.41) is 9.23. The van der Waals surface area contributed by atoms with Gasteiger partial charge in [-0.15, -0.1) is 0 Å². The second-order valence-corrected chi connectivity index (χ2v) is 5.39. The molecule has 0 bridgehead atoms. The van der Waals surface area contributed by atoms with Gasteiger partial charge < -0.3 is 14.9 Å². The van der Waals surface area contributed by atoms with Crippen molar-refractivity contribution < 1.29 is 9.90 Å². The fourth-order valence-corrected chi connectivity index (χ4v) is 2.45. The average molecular weight is 261 g/mol. The van der Waals surface area contributed by atoms with E-state index in [1.807, 2.05) is 11.0 Å². The van der Waals surface area contributed by atoms with Crippen LogP contribution in [-0.4, -0.2) is 47.1 Å². The van der Waals surface area contributed by atoms with Crippen LogP contribution in [-0.2, 0) is 4.79 Å². The molecule has 1 aromatic heterocycles. The van der Waals surface area contributed by atoms with Crippen molar-refractivity contribution in [3.63, 3.8) is 0 Å². The topological polar surface area (TPSA) is 56.7 Å². The first-order valence-corrected chi connectivity index (χ1v) is 6.90. The maximum absolute atomic E-state index is 12.0. The Morgan fingerprint density at radius 1 is 1.26 bits per heavy atom. The van der Waals surface area contributed by atoms with Gasteiger partial charge in [-0.1, -0.05) is 0 Å². The van der Waals surface area contributed by atoms with Crippen molar-refractivity contribution in [3.8, 4) is 5.75 Å². The largest absolute Gasteiger partial charge is 0.506 e. The molecule has 1 saturated carbocycles. The minimum Gasteiger partial charge on any atom is -0.506 e. The molecule has 19 heavy (non-hydrogen) atoms. The molecular weight excluding hydrogens is 242 g/mol. The van der Waals surface area contributed by atoms with Crippen molar-refractivity contribution in [2.24, 2.45) is 5.92 Å². The molecule has 102 valence electrons. The van der Waals surface area contributed by atoms with Gasteiger partial charge in [0.1, 0.15) is 11.6 Å². The zero-order valence-electron chi connectivity index (χ0n) is 11.0. The Kier molecular flexibility index (Phi) is 3.27. The minimum absolute atomic E-state index is 0.182. The third-order valence-electron chi connectivity index (χ3n) is 3.85. The number of rotatable bonds is 3. The van der Waals surface area contributed by atoms with Crippen molar-refractivity contribution in [2.45, 2.75) is 19.3 Å². The van der Waals surface area contributed by atoms with Gasteiger partial charge in [0.15, 0.2) is 0 Å². The van der Waals surface area contributed by atoms with E-state index in [1.165, 1.54) is 19.0 Å². The molecule has 1 N–H and O–H groups in total. The zero-order valence-corrected chi connectivity index (χ0v) is 11.0. The number of amides is 1. The summed E-state index contributed by atoms with van der Waals surface area (Å²) in [4.78, 5) is 20.3. The Morgan fingerprint density at radius 2 is 2.00 bits per heavy atom. The Balaban J connectivity index is 1.53. The highest BCUT2D eigenvalue weighted by atomic mass is 16.3. The molecule has 2 heterocycles. The van der Waals surface area contributed by atoms with Crippen molar-refractivity contribution in [3.05, 3.63) is 18.3 Å². The van der Waals surface area contributed by atoms with Gasteiger partial charge >= 0.3 is 0 Å². The molecule has 1 aromatic rings. The molecule has 0 spiro atoms. The Hall–Kier alpha value is -1.78. The lowest BCUT2D eigenvalue weighted by atomic mass is 10.2. The van der Waals surface area contributed by atoms with E-state index in [2.05, 4.69) is 9.88 Å². The molecule has 2 aliphatic rings. The summed E-state index contributed by atoms with van der Waals surface area (Å²) in [6.07, 6.45) is 4.64. The summed E-state index contributed by atoms with van der Waals surface area (Å²) in [7, 11) is 0. The van der Waals surface area contributed by atoms with E-state index >= 15 is 0 Å². The molecule has 3 rings (SSSR count). The third-order valence-corrected chi connectivity index (χ3v) is 3.85. The smallest absolute Gasteiger partial charge is 0.222 e. The highest BCUT2D eigenvalue weighted by Crippen LogP contribution is 2.33. The molecule has 0 radical (unpaired) electrons. The Morgan fingerprint density at radius 3 is 2.58 bits per heavy atom. The number of aromatic hydroxyl groups is 1. The van der Waals surface area contributed by atoms with Gasteiger partial charge in [0.05, 0.1) is 6.20 Å². The van der Waals surface area contributed by atoms with Crippen molar-refractivity contribution >= 4 is 11.7 Å². The van der Waals surface area contributed by atoms with E-state index in [4.69, 9.17) is 0 Å². The summed E-state index contributed by atoms with van der Waals surface area (Å²) in [5.41, 5.74) is 0. The van der Waals surface area contributed by atoms with Crippen molar-refractivity contribution in [1.29, 1.82) is 0 Å². The van der Waals surface area contributed by atoms with Crippen LogP contribution in [0.4, 0.5) is 5.82 Å². The van der Waals surface area contributed by atoms with Crippen LogP contribution in [0.5, 0.6) is 5.75 Å². The fraction of sp³-hybridized carbons (Fsp3) is 0.571. The molecule has 1 saturated heterocycles. The predicted molar refractivity (Wildman–Crippen MR) is 72.0 cm³/mol. The number of hydrogen-bond donors (Lipinski definition) is 1. The number of carbonyl (C=O) groups is 1. The van der Waals surface area contributed by atoms with Gasteiger partial charge in [0.25, 0.3) is 0 Å². The molecule has 1 amide bonds. The van der Waals surface area contributed by atoms with Gasteiger partial charge in [-0.3, -0.25) is 4.79 Å². The maximum Gasteiger partial charge on any atom is 0.222 e. The van der Waals surface area contributed by atoms with Crippen LogP contribution >= 0.6 is 0 Å². The number of nitrogens with zero attached hydrogens (tertiary/aromatic N) is 3. The number of carbonyl (C=O) groups excluding carboxylic acids is 1. The van der Waals surface area contributed by atoms with Gasteiger partial charge in [-0.2, -0.15) is 0 Å². The molecule has 0 atom stereocenters. The van der Waals surface area contributed by atoms with Crippen LogP contribution in [0.2, 0.25) is 0 Å². The number of pyridine rings is 1. The van der Waals surface area contributed by atoms with Crippen molar-refractivity contribution in [2.75, 3.05) is 31.1 Å². The number of piperazine rings is 1. The van der Waals surface area contributed by atoms with Gasteiger partial charge in [0.2, 0.25) is 5.91 Å². The third kappa shape index (κ3) is 2.97. The molecule has 0 unspecified atom stereocenters. The Bertz CT molecular complexity index is 448. The lowest BCUT2D eigenvalue weighted by Gasteiger charge is -2.35. The van der Waals surface area contributed by atoms with Crippen LogP contribution in [0.1, 0.15) is 19.3 Å². The lowest BCUT2D eigenvalue weighted by molar-refractivity contribution is -0.131. The van der Waals surface area contributed by atoms with E-state index in [-0.39, 0.29) is 5.75 Å². The minimum atomic E-state index is 0.182. The zero-order chi connectivity index (χ0) is 13.2. The average Bonchev–Trinajstić information content (AvgIpc) is 3.24. The second-order valence-electron chi connectivity index (χ2n) is 5.39. The van der Waals surface area contributed by atoms with Crippen LogP contribution in [0, 0.1) is 5.92 Å². The normalized spacial score (nSPS) is 19.6. The highest BCUT2D eigenvalue weighted by Gasteiger charge is 2.28. The fourth-order valence-electron chi connectivity index (χ4n) is 2.45. The summed E-state index contributed by atoms with van der Waals surface area (Å²) in [6, 6.07) is 3.46. The first-order valence-electron chi connectivity index (χ1n) is 6.90. The molecule has 1 aliphatic carbocycles. The van der Waals surface area contributed by atoms with Gasteiger partial charge in [0, 0.05) is 32.6 Å². The number of anilines is 1. The molecule has 5 nitrogen and oxygen atoms in total. The SMILES string of the molecule is O=C(CC1CC1)N1CCN(c2ccc(O)cn2)CC1. The van der Waals surface area contributed by atoms with Crippen LogP contribution in [0.25, 0.3) is 0 Å². The van der Waals surface area contributed by atoms with E-state index in [0.29, 0.717) is 11.8 Å². The first kappa shape index (κ1) is 12.3.